The maximum Gasteiger partial charge on any atom is 0.313 e. The third kappa shape index (κ3) is 4.11. The number of carbonyl (C=O) groups excluding carboxylic acids is 1. The number of hydrogen-bond acceptors (Lipinski definition) is 4. The van der Waals surface area contributed by atoms with E-state index in [0.717, 1.165) is 10.0 Å². The van der Waals surface area contributed by atoms with Gasteiger partial charge in [0.15, 0.2) is 0 Å². The van der Waals surface area contributed by atoms with Crippen LogP contribution in [0.15, 0.2) is 22.7 Å². The molecule has 0 fully saturated rings. The van der Waals surface area contributed by atoms with E-state index in [-0.39, 0.29) is 18.4 Å². The molecule has 2 N–H and O–H groups in total. The van der Waals surface area contributed by atoms with Gasteiger partial charge in [-0.2, -0.15) is 0 Å². The van der Waals surface area contributed by atoms with Crippen LogP contribution in [0.3, 0.4) is 0 Å². The number of esters is 1. The Morgan fingerprint density at radius 2 is 2.05 bits per heavy atom. The smallest absolute Gasteiger partial charge is 0.313 e. The fraction of sp³-hybridized carbons (Fsp3) is 0.500. The molecule has 0 saturated carbocycles. The van der Waals surface area contributed by atoms with E-state index >= 15 is 0 Å². The van der Waals surface area contributed by atoms with Gasteiger partial charge >= 0.3 is 5.97 Å². The zero-order chi connectivity index (χ0) is 14.6. The number of nitrogens with two attached hydrogens (primary N) is 1. The van der Waals surface area contributed by atoms with E-state index in [1.165, 1.54) is 7.11 Å². The van der Waals surface area contributed by atoms with Crippen molar-refractivity contribution in [2.24, 2.45) is 11.1 Å². The molecule has 6 heteroatoms. The van der Waals surface area contributed by atoms with Crippen LogP contribution < -0.4 is 10.5 Å². The number of carbonyl (C=O) groups is 1. The Labute approximate surface area is 134 Å². The summed E-state index contributed by atoms with van der Waals surface area (Å²) in [7, 11) is 1.36. The first-order valence-electron chi connectivity index (χ1n) is 6.10. The van der Waals surface area contributed by atoms with E-state index < -0.39 is 11.5 Å². The number of rotatable bonds is 5. The molecule has 0 saturated heterocycles. The van der Waals surface area contributed by atoms with Crippen molar-refractivity contribution in [1.82, 2.24) is 0 Å². The van der Waals surface area contributed by atoms with E-state index in [4.69, 9.17) is 15.2 Å². The minimum Gasteiger partial charge on any atom is -0.494 e. The van der Waals surface area contributed by atoms with Crippen LogP contribution in [0.5, 0.6) is 5.75 Å². The van der Waals surface area contributed by atoms with Crippen molar-refractivity contribution in [3.05, 3.63) is 28.2 Å². The molecule has 4 nitrogen and oxygen atoms in total. The molecule has 0 radical (unpaired) electrons. The number of halogens is 2. The average molecular weight is 367 g/mol. The van der Waals surface area contributed by atoms with Crippen LogP contribution in [0.1, 0.15) is 32.4 Å². The molecule has 0 amide bonds. The molecule has 0 unspecified atom stereocenters. The third-order valence-corrected chi connectivity index (χ3v) is 3.59. The minimum absolute atomic E-state index is 0. The van der Waals surface area contributed by atoms with Crippen molar-refractivity contribution < 1.29 is 14.3 Å². The van der Waals surface area contributed by atoms with Crippen LogP contribution in [-0.2, 0) is 9.53 Å². The van der Waals surface area contributed by atoms with Crippen LogP contribution in [0, 0.1) is 5.41 Å². The van der Waals surface area contributed by atoms with Gasteiger partial charge in [0.25, 0.3) is 0 Å². The second kappa shape index (κ2) is 7.86. The summed E-state index contributed by atoms with van der Waals surface area (Å²) in [6, 6.07) is 5.09. The van der Waals surface area contributed by atoms with Crippen LogP contribution in [0.25, 0.3) is 0 Å². The summed E-state index contributed by atoms with van der Waals surface area (Å²) in [5.41, 5.74) is 6.20. The Morgan fingerprint density at radius 3 is 2.55 bits per heavy atom. The van der Waals surface area contributed by atoms with E-state index in [1.807, 2.05) is 25.1 Å². The zero-order valence-corrected chi connectivity index (χ0v) is 14.5. The van der Waals surface area contributed by atoms with Crippen LogP contribution in [0.4, 0.5) is 0 Å². The minimum atomic E-state index is -0.832. The number of hydrogen-bond donors (Lipinski definition) is 1. The van der Waals surface area contributed by atoms with E-state index in [0.29, 0.717) is 12.4 Å². The molecule has 0 bridgehead atoms. The van der Waals surface area contributed by atoms with Crippen molar-refractivity contribution in [1.29, 1.82) is 0 Å². The summed E-state index contributed by atoms with van der Waals surface area (Å²) in [5.74, 6) is 0.345. The number of methoxy groups -OCH3 is 1. The van der Waals surface area contributed by atoms with Crippen LogP contribution in [0.2, 0.25) is 0 Å². The molecule has 1 atom stereocenters. The molecule has 0 aliphatic carbocycles. The SMILES string of the molecule is CCOc1ccc(Br)cc1[C@@H](N)C(C)(C)C(=O)OC.Cl. The van der Waals surface area contributed by atoms with Gasteiger partial charge in [0, 0.05) is 16.1 Å². The van der Waals surface area contributed by atoms with Gasteiger partial charge in [-0.3, -0.25) is 4.79 Å². The van der Waals surface area contributed by atoms with Gasteiger partial charge in [-0.05, 0) is 39.0 Å². The maximum absolute atomic E-state index is 11.8. The number of benzene rings is 1. The van der Waals surface area contributed by atoms with Gasteiger partial charge in [0.1, 0.15) is 5.75 Å². The second-order valence-corrected chi connectivity index (χ2v) is 5.72. The molecule has 1 rings (SSSR count). The topological polar surface area (TPSA) is 61.5 Å². The monoisotopic (exact) mass is 365 g/mol. The fourth-order valence-electron chi connectivity index (χ4n) is 1.83. The van der Waals surface area contributed by atoms with Crippen molar-refractivity contribution in [2.45, 2.75) is 26.8 Å². The van der Waals surface area contributed by atoms with Crippen molar-refractivity contribution in [3.63, 3.8) is 0 Å². The van der Waals surface area contributed by atoms with Gasteiger partial charge in [-0.25, -0.2) is 0 Å². The quantitative estimate of drug-likeness (QED) is 0.811. The van der Waals surface area contributed by atoms with Crippen molar-refractivity contribution in [3.8, 4) is 5.75 Å². The zero-order valence-electron chi connectivity index (χ0n) is 12.1. The van der Waals surface area contributed by atoms with Gasteiger partial charge in [-0.15, -0.1) is 12.4 Å². The second-order valence-electron chi connectivity index (χ2n) is 4.81. The Morgan fingerprint density at radius 1 is 1.45 bits per heavy atom. The molecule has 1 aromatic carbocycles. The summed E-state index contributed by atoms with van der Waals surface area (Å²) < 4.78 is 11.3. The largest absolute Gasteiger partial charge is 0.494 e. The molecular formula is C14H21BrClNO3. The average Bonchev–Trinajstić information content (AvgIpc) is 2.39. The molecular weight excluding hydrogens is 346 g/mol. The molecule has 114 valence electrons. The van der Waals surface area contributed by atoms with Gasteiger partial charge < -0.3 is 15.2 Å². The standard InChI is InChI=1S/C14H20BrNO3.ClH/c1-5-19-11-7-6-9(15)8-10(11)12(16)14(2,3)13(17)18-4;/h6-8,12H,5,16H2,1-4H3;1H/t12-;/m1./s1. The summed E-state index contributed by atoms with van der Waals surface area (Å²) in [5, 5.41) is 0. The van der Waals surface area contributed by atoms with Crippen LogP contribution in [-0.4, -0.2) is 19.7 Å². The van der Waals surface area contributed by atoms with Gasteiger partial charge in [0.05, 0.1) is 19.1 Å². The lowest BCUT2D eigenvalue weighted by atomic mass is 9.80. The highest BCUT2D eigenvalue weighted by Gasteiger charge is 2.38. The predicted molar refractivity (Wildman–Crippen MR) is 85.3 cm³/mol. The molecule has 20 heavy (non-hydrogen) atoms. The lowest BCUT2D eigenvalue weighted by Crippen LogP contribution is -2.37. The van der Waals surface area contributed by atoms with Crippen LogP contribution >= 0.6 is 28.3 Å². The predicted octanol–water partition coefficient (Wildman–Crippen LogP) is 3.47. The van der Waals surface area contributed by atoms with E-state index in [2.05, 4.69) is 15.9 Å². The van der Waals surface area contributed by atoms with Gasteiger partial charge in [-0.1, -0.05) is 15.9 Å². The molecule has 0 aromatic heterocycles. The highest BCUT2D eigenvalue weighted by Crippen LogP contribution is 2.38. The Hall–Kier alpha value is -0.780. The molecule has 1 aromatic rings. The number of ether oxygens (including phenoxy) is 2. The molecule has 0 aliphatic rings. The summed E-state index contributed by atoms with van der Waals surface area (Å²) in [4.78, 5) is 11.8. The highest BCUT2D eigenvalue weighted by atomic mass is 79.9. The maximum atomic E-state index is 11.8. The Balaban J connectivity index is 0.00000361. The first kappa shape index (κ1) is 19.2. The van der Waals surface area contributed by atoms with Crippen molar-refractivity contribution in [2.75, 3.05) is 13.7 Å². The highest BCUT2D eigenvalue weighted by molar-refractivity contribution is 9.10. The first-order chi connectivity index (χ1) is 8.84. The van der Waals surface area contributed by atoms with E-state index in [1.54, 1.807) is 13.8 Å². The lowest BCUT2D eigenvalue weighted by molar-refractivity contribution is -0.152. The van der Waals surface area contributed by atoms with Gasteiger partial charge in [0.2, 0.25) is 0 Å². The first-order valence-corrected chi connectivity index (χ1v) is 6.90. The molecule has 0 spiro atoms. The molecule has 0 heterocycles. The third-order valence-electron chi connectivity index (χ3n) is 3.10. The lowest BCUT2D eigenvalue weighted by Gasteiger charge is -2.30. The normalized spacial score (nSPS) is 12.3. The molecule has 0 aliphatic heterocycles. The Kier molecular flexibility index (Phi) is 7.55. The summed E-state index contributed by atoms with van der Waals surface area (Å²) in [6.45, 7) is 5.98. The summed E-state index contributed by atoms with van der Waals surface area (Å²) in [6.07, 6.45) is 0. The van der Waals surface area contributed by atoms with E-state index in [9.17, 15) is 4.79 Å². The summed E-state index contributed by atoms with van der Waals surface area (Å²) >= 11 is 3.41. The van der Waals surface area contributed by atoms with Crippen molar-refractivity contribution >= 4 is 34.3 Å². The fourth-order valence-corrected chi connectivity index (χ4v) is 2.21. The Bertz CT molecular complexity index is 466.